The van der Waals surface area contributed by atoms with Crippen molar-refractivity contribution in [2.24, 2.45) is 4.99 Å². The fourth-order valence-electron chi connectivity index (χ4n) is 1.40. The second kappa shape index (κ2) is 4.80. The van der Waals surface area contributed by atoms with Crippen molar-refractivity contribution >= 4 is 6.72 Å². The number of hydrogen-bond acceptors (Lipinski definition) is 2. The van der Waals surface area contributed by atoms with Crippen molar-refractivity contribution in [1.29, 1.82) is 0 Å². The molecule has 0 aliphatic rings. The van der Waals surface area contributed by atoms with E-state index in [9.17, 15) is 0 Å². The number of methoxy groups -OCH3 is 1. The van der Waals surface area contributed by atoms with Gasteiger partial charge in [-0.15, -0.1) is 0 Å². The lowest BCUT2D eigenvalue weighted by Crippen LogP contribution is -1.94. The van der Waals surface area contributed by atoms with Gasteiger partial charge >= 0.3 is 0 Å². The average molecular weight is 191 g/mol. The van der Waals surface area contributed by atoms with Crippen molar-refractivity contribution in [1.82, 2.24) is 0 Å². The van der Waals surface area contributed by atoms with Crippen LogP contribution in [0.1, 0.15) is 30.9 Å². The van der Waals surface area contributed by atoms with Crippen molar-refractivity contribution in [3.8, 4) is 5.75 Å². The molecule has 1 aromatic rings. The monoisotopic (exact) mass is 191 g/mol. The molecule has 0 unspecified atom stereocenters. The molecule has 0 atom stereocenters. The maximum atomic E-state index is 5.24. The fraction of sp³-hybridized carbons (Fsp3) is 0.417. The molecule has 14 heavy (non-hydrogen) atoms. The van der Waals surface area contributed by atoms with Gasteiger partial charge in [0.25, 0.3) is 0 Å². The van der Waals surface area contributed by atoms with Gasteiger partial charge in [0.1, 0.15) is 5.75 Å². The average Bonchev–Trinajstić information content (AvgIpc) is 2.18. The largest absolute Gasteiger partial charge is 0.496 e. The van der Waals surface area contributed by atoms with E-state index in [-0.39, 0.29) is 0 Å². The second-order valence-corrected chi connectivity index (χ2v) is 3.61. The van der Waals surface area contributed by atoms with Crippen LogP contribution in [-0.2, 0) is 6.54 Å². The molecule has 0 amide bonds. The normalized spacial score (nSPS) is 10.3. The predicted octanol–water partition coefficient (Wildman–Crippen LogP) is 3.02. The lowest BCUT2D eigenvalue weighted by atomic mass is 10.0. The zero-order valence-corrected chi connectivity index (χ0v) is 9.08. The Hall–Kier alpha value is -1.31. The van der Waals surface area contributed by atoms with Gasteiger partial charge in [-0.2, -0.15) is 0 Å². The molecule has 0 aliphatic heterocycles. The zero-order chi connectivity index (χ0) is 10.6. The predicted molar refractivity (Wildman–Crippen MR) is 60.3 cm³/mol. The minimum Gasteiger partial charge on any atom is -0.496 e. The second-order valence-electron chi connectivity index (χ2n) is 3.61. The number of ether oxygens (including phenoxy) is 1. The van der Waals surface area contributed by atoms with Crippen LogP contribution in [0.15, 0.2) is 23.2 Å². The van der Waals surface area contributed by atoms with E-state index >= 15 is 0 Å². The van der Waals surface area contributed by atoms with Crippen LogP contribution >= 0.6 is 0 Å². The lowest BCUT2D eigenvalue weighted by Gasteiger charge is -2.11. The highest BCUT2D eigenvalue weighted by molar-refractivity contribution is 5.39. The summed E-state index contributed by atoms with van der Waals surface area (Å²) in [5.74, 6) is 1.42. The molecule has 2 heteroatoms. The van der Waals surface area contributed by atoms with Crippen molar-refractivity contribution in [2.75, 3.05) is 7.11 Å². The first-order chi connectivity index (χ1) is 6.69. The summed E-state index contributed by atoms with van der Waals surface area (Å²) in [5, 5.41) is 0. The number of hydrogen-bond donors (Lipinski definition) is 0. The van der Waals surface area contributed by atoms with E-state index in [4.69, 9.17) is 4.74 Å². The van der Waals surface area contributed by atoms with Gasteiger partial charge in [-0.05, 0) is 30.3 Å². The van der Waals surface area contributed by atoms with E-state index in [1.165, 1.54) is 5.56 Å². The minimum absolute atomic E-state index is 0.532. The topological polar surface area (TPSA) is 21.6 Å². The van der Waals surface area contributed by atoms with Crippen LogP contribution < -0.4 is 4.74 Å². The molecule has 0 heterocycles. The standard InChI is InChI=1S/C12H17NO/c1-9(2)10-5-6-12(14-4)11(7-10)8-13-3/h5-7,9H,3,8H2,1-2,4H3. The maximum absolute atomic E-state index is 5.24. The van der Waals surface area contributed by atoms with E-state index in [0.717, 1.165) is 11.3 Å². The van der Waals surface area contributed by atoms with Crippen LogP contribution in [-0.4, -0.2) is 13.8 Å². The van der Waals surface area contributed by atoms with Crippen molar-refractivity contribution in [3.63, 3.8) is 0 Å². The first kappa shape index (κ1) is 10.8. The summed E-state index contributed by atoms with van der Waals surface area (Å²) in [6.07, 6.45) is 0. The molecule has 76 valence electrons. The zero-order valence-electron chi connectivity index (χ0n) is 9.08. The molecule has 2 nitrogen and oxygen atoms in total. The number of benzene rings is 1. The van der Waals surface area contributed by atoms with Crippen LogP contribution in [0.5, 0.6) is 5.75 Å². The molecule has 0 saturated heterocycles. The fourth-order valence-corrected chi connectivity index (χ4v) is 1.40. The van der Waals surface area contributed by atoms with E-state index in [0.29, 0.717) is 12.5 Å². The molecule has 0 fully saturated rings. The lowest BCUT2D eigenvalue weighted by molar-refractivity contribution is 0.409. The van der Waals surface area contributed by atoms with Gasteiger partial charge in [0.2, 0.25) is 0 Å². The Bertz CT molecular complexity index is 318. The Kier molecular flexibility index (Phi) is 3.69. The molecule has 0 aromatic heterocycles. The molecule has 0 spiro atoms. The summed E-state index contributed by atoms with van der Waals surface area (Å²) >= 11 is 0. The van der Waals surface area contributed by atoms with Crippen LogP contribution in [0.4, 0.5) is 0 Å². The molecule has 0 N–H and O–H groups in total. The van der Waals surface area contributed by atoms with Crippen LogP contribution in [0.25, 0.3) is 0 Å². The Morgan fingerprint density at radius 1 is 1.43 bits per heavy atom. The molecular formula is C12H17NO. The highest BCUT2D eigenvalue weighted by Gasteiger charge is 2.05. The third-order valence-corrected chi connectivity index (χ3v) is 2.25. The summed E-state index contributed by atoms with van der Waals surface area (Å²) in [6, 6.07) is 6.23. The molecular weight excluding hydrogens is 174 g/mol. The summed E-state index contributed by atoms with van der Waals surface area (Å²) < 4.78 is 5.24. The first-order valence-electron chi connectivity index (χ1n) is 4.78. The smallest absolute Gasteiger partial charge is 0.123 e. The Balaban J connectivity index is 3.06. The van der Waals surface area contributed by atoms with Crippen molar-refractivity contribution < 1.29 is 4.74 Å². The van der Waals surface area contributed by atoms with Gasteiger partial charge in [-0.1, -0.05) is 19.9 Å². The van der Waals surface area contributed by atoms with Crippen LogP contribution in [0, 0.1) is 0 Å². The summed E-state index contributed by atoms with van der Waals surface area (Å²) in [7, 11) is 1.68. The van der Waals surface area contributed by atoms with Crippen molar-refractivity contribution in [2.45, 2.75) is 26.3 Å². The van der Waals surface area contributed by atoms with Crippen LogP contribution in [0.3, 0.4) is 0 Å². The number of nitrogens with zero attached hydrogens (tertiary/aromatic N) is 1. The third-order valence-electron chi connectivity index (χ3n) is 2.25. The summed E-state index contributed by atoms with van der Waals surface area (Å²) in [6.45, 7) is 8.46. The van der Waals surface area contributed by atoms with Gasteiger partial charge in [0, 0.05) is 5.56 Å². The van der Waals surface area contributed by atoms with E-state index < -0.39 is 0 Å². The Morgan fingerprint density at radius 3 is 2.64 bits per heavy atom. The highest BCUT2D eigenvalue weighted by Crippen LogP contribution is 2.24. The highest BCUT2D eigenvalue weighted by atomic mass is 16.5. The summed E-state index contributed by atoms with van der Waals surface area (Å²) in [5.41, 5.74) is 2.41. The molecule has 0 radical (unpaired) electrons. The molecule has 1 aromatic carbocycles. The number of rotatable bonds is 4. The molecule has 0 aliphatic carbocycles. The number of aliphatic imine (C=N–C) groups is 1. The maximum Gasteiger partial charge on any atom is 0.123 e. The third kappa shape index (κ3) is 2.34. The Morgan fingerprint density at radius 2 is 2.14 bits per heavy atom. The first-order valence-corrected chi connectivity index (χ1v) is 4.78. The molecule has 1 rings (SSSR count). The van der Waals surface area contributed by atoms with Crippen molar-refractivity contribution in [3.05, 3.63) is 29.3 Å². The van der Waals surface area contributed by atoms with E-state index in [1.54, 1.807) is 7.11 Å². The van der Waals surface area contributed by atoms with E-state index in [1.807, 2.05) is 6.07 Å². The van der Waals surface area contributed by atoms with Gasteiger partial charge in [0.15, 0.2) is 0 Å². The molecule has 0 saturated carbocycles. The SMILES string of the molecule is C=NCc1cc(C(C)C)ccc1OC. The van der Waals surface area contributed by atoms with E-state index in [2.05, 4.69) is 37.7 Å². The van der Waals surface area contributed by atoms with Gasteiger partial charge in [0.05, 0.1) is 13.7 Å². The summed E-state index contributed by atoms with van der Waals surface area (Å²) in [4.78, 5) is 3.88. The quantitative estimate of drug-likeness (QED) is 0.670. The van der Waals surface area contributed by atoms with Crippen LogP contribution in [0.2, 0.25) is 0 Å². The Labute approximate surface area is 85.6 Å². The van der Waals surface area contributed by atoms with Gasteiger partial charge in [-0.25, -0.2) is 0 Å². The van der Waals surface area contributed by atoms with Gasteiger partial charge in [-0.3, -0.25) is 4.99 Å². The minimum atomic E-state index is 0.532. The van der Waals surface area contributed by atoms with Gasteiger partial charge < -0.3 is 4.74 Å². The molecule has 0 bridgehead atoms.